The molecule has 0 aliphatic heterocycles. The first kappa shape index (κ1) is 17.5. The lowest BCUT2D eigenvalue weighted by Gasteiger charge is -2.09. The Balaban J connectivity index is 1.68. The number of nitrogens with one attached hydrogen (secondary N) is 1. The van der Waals surface area contributed by atoms with E-state index in [0.717, 1.165) is 4.47 Å². The van der Waals surface area contributed by atoms with Gasteiger partial charge in [0.25, 0.3) is 5.91 Å². The topological polar surface area (TPSA) is 88.2 Å². The number of fused-ring (bicyclic) bond motifs is 1. The first-order chi connectivity index (χ1) is 13.0. The Bertz CT molecular complexity index is 1140. The smallest absolute Gasteiger partial charge is 0.257 e. The van der Waals surface area contributed by atoms with E-state index in [4.69, 9.17) is 16.0 Å². The molecule has 0 atom stereocenters. The highest BCUT2D eigenvalue weighted by Crippen LogP contribution is 2.33. The third-order valence-electron chi connectivity index (χ3n) is 3.85. The summed E-state index contributed by atoms with van der Waals surface area (Å²) < 4.78 is 6.40. The van der Waals surface area contributed by atoms with Gasteiger partial charge in [-0.25, -0.2) is 4.98 Å². The minimum atomic E-state index is -0.375. The lowest BCUT2D eigenvalue weighted by atomic mass is 10.1. The number of aromatic hydroxyl groups is 1. The lowest BCUT2D eigenvalue weighted by molar-refractivity contribution is 0.102. The van der Waals surface area contributed by atoms with E-state index < -0.39 is 0 Å². The fraction of sp³-hybridized carbons (Fsp3) is 0. The predicted octanol–water partition coefficient (Wildman–Crippen LogP) is 5.26. The third kappa shape index (κ3) is 3.51. The number of nitrogens with zero attached hydrogens (tertiary/aromatic N) is 2. The van der Waals surface area contributed by atoms with Gasteiger partial charge in [0.05, 0.1) is 22.3 Å². The van der Waals surface area contributed by atoms with Gasteiger partial charge in [0.1, 0.15) is 11.3 Å². The highest BCUT2D eigenvalue weighted by molar-refractivity contribution is 9.10. The molecule has 0 saturated heterocycles. The SMILES string of the molecule is O=C(Nc1ccc(O)c(-c2nc3cnccc3o2)c1)c1cc(Br)ccc1Cl. The fourth-order valence-corrected chi connectivity index (χ4v) is 3.11. The fourth-order valence-electron chi connectivity index (χ4n) is 2.55. The van der Waals surface area contributed by atoms with Crippen molar-refractivity contribution in [1.29, 1.82) is 0 Å². The molecule has 6 nitrogen and oxygen atoms in total. The van der Waals surface area contributed by atoms with E-state index in [9.17, 15) is 9.90 Å². The Hall–Kier alpha value is -2.90. The molecule has 0 spiro atoms. The molecule has 0 radical (unpaired) electrons. The molecule has 134 valence electrons. The number of amides is 1. The van der Waals surface area contributed by atoms with Gasteiger partial charge in [-0.2, -0.15) is 0 Å². The van der Waals surface area contributed by atoms with Crippen molar-refractivity contribution in [1.82, 2.24) is 9.97 Å². The summed E-state index contributed by atoms with van der Waals surface area (Å²) in [6.45, 7) is 0. The summed E-state index contributed by atoms with van der Waals surface area (Å²) in [5.74, 6) is -0.167. The normalized spacial score (nSPS) is 10.9. The van der Waals surface area contributed by atoms with Gasteiger partial charge in [-0.05, 0) is 36.4 Å². The second kappa shape index (κ2) is 7.02. The van der Waals surface area contributed by atoms with Crippen molar-refractivity contribution in [2.75, 3.05) is 5.32 Å². The van der Waals surface area contributed by atoms with Gasteiger partial charge >= 0.3 is 0 Å². The van der Waals surface area contributed by atoms with E-state index in [0.29, 0.717) is 32.9 Å². The maximum absolute atomic E-state index is 12.5. The van der Waals surface area contributed by atoms with Crippen LogP contribution in [0.15, 0.2) is 63.7 Å². The largest absolute Gasteiger partial charge is 0.507 e. The van der Waals surface area contributed by atoms with Gasteiger partial charge < -0.3 is 14.8 Å². The van der Waals surface area contributed by atoms with Gasteiger partial charge in [-0.1, -0.05) is 27.5 Å². The standard InChI is InChI=1S/C19H11BrClN3O3/c20-10-1-3-14(21)12(7-10)18(26)23-11-2-4-16(25)13(8-11)19-24-15-9-22-6-5-17(15)27-19/h1-9,25H,(H,23,26). The Labute approximate surface area is 167 Å². The summed E-state index contributed by atoms with van der Waals surface area (Å²) in [7, 11) is 0. The minimum Gasteiger partial charge on any atom is -0.507 e. The molecule has 4 aromatic rings. The monoisotopic (exact) mass is 443 g/mol. The summed E-state index contributed by atoms with van der Waals surface area (Å²) in [6.07, 6.45) is 3.16. The van der Waals surface area contributed by atoms with Crippen molar-refractivity contribution in [3.8, 4) is 17.2 Å². The Morgan fingerprint density at radius 2 is 2.04 bits per heavy atom. The molecular formula is C19H11BrClN3O3. The second-order valence-electron chi connectivity index (χ2n) is 5.67. The van der Waals surface area contributed by atoms with Crippen LogP contribution in [0.25, 0.3) is 22.6 Å². The van der Waals surface area contributed by atoms with Crippen LogP contribution >= 0.6 is 27.5 Å². The van der Waals surface area contributed by atoms with Gasteiger partial charge in [0, 0.05) is 22.4 Å². The van der Waals surface area contributed by atoms with Crippen molar-refractivity contribution >= 4 is 50.2 Å². The summed E-state index contributed by atoms with van der Waals surface area (Å²) in [4.78, 5) is 20.8. The molecule has 8 heteroatoms. The van der Waals surface area contributed by atoms with Gasteiger partial charge in [0.2, 0.25) is 5.89 Å². The second-order valence-corrected chi connectivity index (χ2v) is 7.00. The van der Waals surface area contributed by atoms with Gasteiger partial charge in [-0.3, -0.25) is 9.78 Å². The molecule has 0 saturated carbocycles. The Morgan fingerprint density at radius 3 is 2.85 bits per heavy atom. The van der Waals surface area contributed by atoms with Crippen LogP contribution in [0.4, 0.5) is 5.69 Å². The van der Waals surface area contributed by atoms with E-state index >= 15 is 0 Å². The number of anilines is 1. The van der Waals surface area contributed by atoms with E-state index in [-0.39, 0.29) is 17.5 Å². The molecule has 0 bridgehead atoms. The zero-order valence-corrected chi connectivity index (χ0v) is 16.0. The molecule has 2 aromatic heterocycles. The molecule has 0 aliphatic rings. The average Bonchev–Trinajstić information content (AvgIpc) is 3.09. The van der Waals surface area contributed by atoms with Crippen molar-refractivity contribution in [2.45, 2.75) is 0 Å². The highest BCUT2D eigenvalue weighted by atomic mass is 79.9. The highest BCUT2D eigenvalue weighted by Gasteiger charge is 2.16. The molecule has 27 heavy (non-hydrogen) atoms. The molecule has 0 unspecified atom stereocenters. The molecule has 2 aromatic carbocycles. The molecule has 0 aliphatic carbocycles. The molecule has 1 amide bonds. The summed E-state index contributed by atoms with van der Waals surface area (Å²) in [5, 5.41) is 13.3. The number of aromatic nitrogens is 2. The zero-order chi connectivity index (χ0) is 19.0. The maximum Gasteiger partial charge on any atom is 0.257 e. The number of carbonyl (C=O) groups is 1. The predicted molar refractivity (Wildman–Crippen MR) is 106 cm³/mol. The van der Waals surface area contributed by atoms with E-state index in [1.165, 1.54) is 6.07 Å². The number of hydrogen-bond donors (Lipinski definition) is 2. The molecule has 0 fully saturated rings. The Kier molecular flexibility index (Phi) is 4.55. The number of phenols is 1. The first-order valence-electron chi connectivity index (χ1n) is 7.81. The van der Waals surface area contributed by atoms with Crippen molar-refractivity contribution in [3.05, 3.63) is 69.9 Å². The number of rotatable bonds is 3. The van der Waals surface area contributed by atoms with Crippen molar-refractivity contribution in [2.24, 2.45) is 0 Å². The van der Waals surface area contributed by atoms with Crippen LogP contribution in [0.3, 0.4) is 0 Å². The number of carbonyl (C=O) groups excluding carboxylic acids is 1. The maximum atomic E-state index is 12.5. The minimum absolute atomic E-state index is 0.0204. The van der Waals surface area contributed by atoms with E-state index in [2.05, 4.69) is 31.2 Å². The van der Waals surface area contributed by atoms with Crippen molar-refractivity contribution < 1.29 is 14.3 Å². The van der Waals surface area contributed by atoms with E-state index in [1.54, 1.807) is 48.8 Å². The molecule has 4 rings (SSSR count). The Morgan fingerprint density at radius 1 is 1.19 bits per heavy atom. The van der Waals surface area contributed by atoms with Crippen molar-refractivity contribution in [3.63, 3.8) is 0 Å². The average molecular weight is 445 g/mol. The van der Waals surface area contributed by atoms with Crippen LogP contribution < -0.4 is 5.32 Å². The van der Waals surface area contributed by atoms with Gasteiger partial charge in [-0.15, -0.1) is 0 Å². The third-order valence-corrected chi connectivity index (χ3v) is 4.67. The van der Waals surface area contributed by atoms with Crippen LogP contribution in [-0.2, 0) is 0 Å². The van der Waals surface area contributed by atoms with Crippen LogP contribution in [0.1, 0.15) is 10.4 Å². The van der Waals surface area contributed by atoms with Crippen LogP contribution in [-0.4, -0.2) is 21.0 Å². The summed E-state index contributed by atoms with van der Waals surface area (Å²) >= 11 is 9.42. The number of hydrogen-bond acceptors (Lipinski definition) is 5. The van der Waals surface area contributed by atoms with E-state index in [1.807, 2.05) is 0 Å². The number of phenolic OH excluding ortho intramolecular Hbond substituents is 1. The summed E-state index contributed by atoms with van der Waals surface area (Å²) in [5.41, 5.74) is 2.26. The summed E-state index contributed by atoms with van der Waals surface area (Å²) in [6, 6.07) is 11.3. The number of benzene rings is 2. The number of pyridine rings is 1. The molecule has 2 heterocycles. The first-order valence-corrected chi connectivity index (χ1v) is 8.99. The van der Waals surface area contributed by atoms with Crippen LogP contribution in [0.2, 0.25) is 5.02 Å². The molecular weight excluding hydrogens is 434 g/mol. The van der Waals surface area contributed by atoms with Crippen LogP contribution in [0.5, 0.6) is 5.75 Å². The molecule has 2 N–H and O–H groups in total. The van der Waals surface area contributed by atoms with Crippen LogP contribution in [0, 0.1) is 0 Å². The lowest BCUT2D eigenvalue weighted by Crippen LogP contribution is -2.12. The van der Waals surface area contributed by atoms with Gasteiger partial charge in [0.15, 0.2) is 5.58 Å². The number of halogens is 2. The zero-order valence-electron chi connectivity index (χ0n) is 13.6. The number of oxazole rings is 1. The quantitative estimate of drug-likeness (QED) is 0.421.